The van der Waals surface area contributed by atoms with Crippen molar-refractivity contribution in [1.29, 1.82) is 0 Å². The van der Waals surface area contributed by atoms with Crippen LogP contribution in [0, 0.1) is 34.0 Å². The summed E-state index contributed by atoms with van der Waals surface area (Å²) >= 11 is 0. The molecule has 3 aliphatic rings. The van der Waals surface area contributed by atoms with Crippen molar-refractivity contribution >= 4 is 17.7 Å². The molecule has 1 aromatic rings. The molecule has 8 nitrogen and oxygen atoms in total. The average Bonchev–Trinajstić information content (AvgIpc) is 3.30. The normalized spacial score (nSPS) is 36.6. The highest BCUT2D eigenvalue weighted by molar-refractivity contribution is 5.94. The number of rotatable bonds is 9. The van der Waals surface area contributed by atoms with Crippen molar-refractivity contribution in [3.63, 3.8) is 0 Å². The molecule has 0 aromatic heterocycles. The number of hydrogen-bond donors (Lipinski definition) is 2. The Kier molecular flexibility index (Phi) is 9.05. The summed E-state index contributed by atoms with van der Waals surface area (Å²) in [5, 5.41) is 14.5. The Morgan fingerprint density at radius 2 is 1.85 bits per heavy atom. The van der Waals surface area contributed by atoms with E-state index in [0.717, 1.165) is 25.8 Å². The maximum atomic E-state index is 13.5. The zero-order valence-electron chi connectivity index (χ0n) is 25.6. The summed E-state index contributed by atoms with van der Waals surface area (Å²) in [4.78, 5) is 41.1. The summed E-state index contributed by atoms with van der Waals surface area (Å²) in [5.41, 5.74) is -1.06. The molecule has 3 unspecified atom stereocenters. The number of nitrogens with one attached hydrogen (secondary N) is 1. The number of carbonyl (C=O) groups excluding carboxylic acids is 3. The number of amides is 1. The summed E-state index contributed by atoms with van der Waals surface area (Å²) in [6, 6.07) is 6.64. The van der Waals surface area contributed by atoms with Crippen LogP contribution < -0.4 is 10.1 Å². The molecule has 4 rings (SSSR count). The Morgan fingerprint density at radius 1 is 1.17 bits per heavy atom. The van der Waals surface area contributed by atoms with Crippen LogP contribution in [-0.2, 0) is 14.3 Å². The molecule has 0 spiro atoms. The Balaban J connectivity index is 1.50. The summed E-state index contributed by atoms with van der Waals surface area (Å²) in [6.07, 6.45) is 3.95. The summed E-state index contributed by atoms with van der Waals surface area (Å²) < 4.78 is 12.0. The van der Waals surface area contributed by atoms with Crippen LogP contribution >= 0.6 is 0 Å². The molecule has 0 radical (unpaired) electrons. The van der Waals surface area contributed by atoms with Gasteiger partial charge in [-0.15, -0.1) is 6.58 Å². The number of hydrogen-bond acceptors (Lipinski definition) is 7. The number of Topliss-reactive ketones (excluding diaryl/α,β-unsaturated/α-hetero) is 1. The van der Waals surface area contributed by atoms with E-state index in [4.69, 9.17) is 9.47 Å². The van der Waals surface area contributed by atoms with Gasteiger partial charge in [-0.05, 0) is 81.3 Å². The number of ketones is 1. The zero-order chi connectivity index (χ0) is 30.2. The lowest BCUT2D eigenvalue weighted by molar-refractivity contribution is -0.207. The van der Waals surface area contributed by atoms with Crippen molar-refractivity contribution in [2.75, 3.05) is 33.8 Å². The summed E-state index contributed by atoms with van der Waals surface area (Å²) in [6.45, 7) is 13.4. The van der Waals surface area contributed by atoms with E-state index in [2.05, 4.69) is 32.7 Å². The first-order chi connectivity index (χ1) is 19.3. The maximum Gasteiger partial charge on any atom is 0.344 e. The minimum atomic E-state index is -0.706. The second kappa shape index (κ2) is 11.9. The van der Waals surface area contributed by atoms with Gasteiger partial charge in [0.25, 0.3) is 5.91 Å². The fourth-order valence-electron chi connectivity index (χ4n) is 8.03. The maximum absolute atomic E-state index is 13.5. The standard InChI is InChI=1S/C33H48N2O6/c1-8-31(4)19-26(32(5)21(2)13-15-33(22(3)29(31)38)16-14-25(36)28(32)33)41-27(37)20-40-24-11-9-23(10-12-24)30(39)34-17-18-35(6)7/h8-12,21-22,26,28-29,38H,1,13-20H2,2-7H3,(H,34,39)/t21?,22-,26+,28?,29-,31+,32-,33?/m0/s1. The fourth-order valence-corrected chi connectivity index (χ4v) is 8.03. The monoisotopic (exact) mass is 568 g/mol. The van der Waals surface area contributed by atoms with Gasteiger partial charge >= 0.3 is 5.97 Å². The molecular weight excluding hydrogens is 520 g/mol. The second-order valence-electron chi connectivity index (χ2n) is 13.4. The van der Waals surface area contributed by atoms with E-state index < -0.39 is 29.0 Å². The Labute approximate surface area is 244 Å². The first-order valence-electron chi connectivity index (χ1n) is 15.0. The summed E-state index contributed by atoms with van der Waals surface area (Å²) in [5.74, 6) is -0.203. The van der Waals surface area contributed by atoms with Gasteiger partial charge in [0, 0.05) is 41.8 Å². The highest BCUT2D eigenvalue weighted by Gasteiger charge is 2.68. The van der Waals surface area contributed by atoms with E-state index in [1.165, 1.54) is 0 Å². The van der Waals surface area contributed by atoms with Crippen molar-refractivity contribution in [2.24, 2.45) is 34.0 Å². The van der Waals surface area contributed by atoms with Crippen LogP contribution in [0.1, 0.15) is 70.2 Å². The smallest absolute Gasteiger partial charge is 0.344 e. The third kappa shape index (κ3) is 5.70. The first-order valence-corrected chi connectivity index (χ1v) is 15.0. The quantitative estimate of drug-likeness (QED) is 0.339. The Morgan fingerprint density at radius 3 is 2.49 bits per heavy atom. The molecule has 8 atom stereocenters. The molecule has 226 valence electrons. The van der Waals surface area contributed by atoms with Crippen molar-refractivity contribution in [3.8, 4) is 5.75 Å². The molecular formula is C33H48N2O6. The SMILES string of the molecule is C=C[C@]1(C)C[C@@H](OC(=O)COc2ccc(C(=O)NCCN(C)C)cc2)[C@]2(C)C(C)CCC3(CCC(=O)C32)[C@@H](C)[C@@H]1O. The average molecular weight is 569 g/mol. The van der Waals surface area contributed by atoms with E-state index >= 15 is 0 Å². The molecule has 2 bridgehead atoms. The fraction of sp³-hybridized carbons (Fsp3) is 0.667. The molecule has 8 heteroatoms. The number of ether oxygens (including phenoxy) is 2. The van der Waals surface area contributed by atoms with Gasteiger partial charge in [-0.25, -0.2) is 4.79 Å². The predicted octanol–water partition coefficient (Wildman–Crippen LogP) is 4.26. The van der Waals surface area contributed by atoms with Crippen molar-refractivity contribution in [2.45, 2.75) is 72.0 Å². The van der Waals surface area contributed by atoms with Crippen LogP contribution in [0.25, 0.3) is 0 Å². The van der Waals surface area contributed by atoms with Crippen molar-refractivity contribution in [3.05, 3.63) is 42.5 Å². The molecule has 0 heterocycles. The lowest BCUT2D eigenvalue weighted by Crippen LogP contribution is -2.63. The number of benzene rings is 1. The zero-order valence-corrected chi connectivity index (χ0v) is 25.6. The van der Waals surface area contributed by atoms with Crippen LogP contribution in [0.15, 0.2) is 36.9 Å². The van der Waals surface area contributed by atoms with Gasteiger partial charge in [-0.2, -0.15) is 0 Å². The van der Waals surface area contributed by atoms with E-state index in [1.54, 1.807) is 30.3 Å². The van der Waals surface area contributed by atoms with Gasteiger partial charge in [0.2, 0.25) is 0 Å². The highest BCUT2D eigenvalue weighted by Crippen LogP contribution is 2.68. The van der Waals surface area contributed by atoms with Crippen molar-refractivity contribution in [1.82, 2.24) is 10.2 Å². The number of aliphatic hydroxyl groups is 1. The van der Waals surface area contributed by atoms with Crippen molar-refractivity contribution < 1.29 is 29.0 Å². The molecule has 3 saturated carbocycles. The van der Waals surface area contributed by atoms with Gasteiger partial charge < -0.3 is 24.8 Å². The van der Waals surface area contributed by atoms with E-state index in [1.807, 2.05) is 25.9 Å². The Bertz CT molecular complexity index is 1150. The minimum absolute atomic E-state index is 0.0770. The predicted molar refractivity (Wildman–Crippen MR) is 157 cm³/mol. The molecule has 0 saturated heterocycles. The van der Waals surface area contributed by atoms with Gasteiger partial charge in [-0.1, -0.05) is 33.8 Å². The molecule has 3 fully saturated rings. The molecule has 0 aliphatic heterocycles. The summed E-state index contributed by atoms with van der Waals surface area (Å²) in [7, 11) is 3.89. The van der Waals surface area contributed by atoms with Gasteiger partial charge in [0.05, 0.1) is 6.10 Å². The number of aliphatic hydroxyl groups excluding tert-OH is 1. The van der Waals surface area contributed by atoms with E-state index in [9.17, 15) is 19.5 Å². The highest BCUT2D eigenvalue weighted by atomic mass is 16.6. The van der Waals surface area contributed by atoms with Gasteiger partial charge in [0.1, 0.15) is 17.6 Å². The van der Waals surface area contributed by atoms with Crippen LogP contribution in [-0.4, -0.2) is 73.7 Å². The molecule has 1 aromatic carbocycles. The second-order valence-corrected chi connectivity index (χ2v) is 13.4. The third-order valence-electron chi connectivity index (χ3n) is 10.9. The minimum Gasteiger partial charge on any atom is -0.482 e. The number of nitrogens with zero attached hydrogens (tertiary/aromatic N) is 1. The topological polar surface area (TPSA) is 105 Å². The third-order valence-corrected chi connectivity index (χ3v) is 10.9. The molecule has 3 aliphatic carbocycles. The number of carbonyl (C=O) groups is 3. The van der Waals surface area contributed by atoms with E-state index in [0.29, 0.717) is 30.7 Å². The van der Waals surface area contributed by atoms with Crippen LogP contribution in [0.5, 0.6) is 5.75 Å². The van der Waals surface area contributed by atoms with Crippen LogP contribution in [0.3, 0.4) is 0 Å². The molecule has 2 N–H and O–H groups in total. The van der Waals surface area contributed by atoms with Gasteiger partial charge in [-0.3, -0.25) is 9.59 Å². The Hall–Kier alpha value is -2.71. The first kappa shape index (κ1) is 31.2. The molecule has 1 amide bonds. The molecule has 41 heavy (non-hydrogen) atoms. The van der Waals surface area contributed by atoms with E-state index in [-0.39, 0.29) is 41.5 Å². The van der Waals surface area contributed by atoms with Gasteiger partial charge in [0.15, 0.2) is 6.61 Å². The lowest BCUT2D eigenvalue weighted by Gasteiger charge is -2.61. The number of likely N-dealkylation sites (N-methyl/N-ethyl adjacent to an activating group) is 1. The van der Waals surface area contributed by atoms with Crippen LogP contribution in [0.4, 0.5) is 0 Å². The van der Waals surface area contributed by atoms with Crippen LogP contribution in [0.2, 0.25) is 0 Å². The lowest BCUT2D eigenvalue weighted by atomic mass is 9.44. The largest absolute Gasteiger partial charge is 0.482 e. The number of esters is 1.